The van der Waals surface area contributed by atoms with Crippen molar-refractivity contribution in [2.75, 3.05) is 5.32 Å². The summed E-state index contributed by atoms with van der Waals surface area (Å²) in [5, 5.41) is 19.0. The molecule has 88 valence electrons. The van der Waals surface area contributed by atoms with E-state index in [4.69, 9.17) is 0 Å². The first kappa shape index (κ1) is 11.6. The molecule has 0 saturated heterocycles. The lowest BCUT2D eigenvalue weighted by Crippen LogP contribution is -2.36. The molecule has 0 bridgehead atoms. The lowest BCUT2D eigenvalue weighted by Gasteiger charge is -2.29. The molecule has 16 heavy (non-hydrogen) atoms. The Kier molecular flexibility index (Phi) is 3.60. The van der Waals surface area contributed by atoms with Crippen molar-refractivity contribution < 1.29 is 5.11 Å². The zero-order valence-electron chi connectivity index (χ0n) is 8.74. The number of anilines is 1. The molecule has 2 rings (SSSR count). The van der Waals surface area contributed by atoms with Crippen LogP contribution < -0.4 is 10.9 Å². The van der Waals surface area contributed by atoms with E-state index in [9.17, 15) is 9.90 Å². The Balaban J connectivity index is 2.14. The number of hydrogen-bond acceptors (Lipinski definition) is 4. The predicted octanol–water partition coefficient (Wildman–Crippen LogP) is 1.25. The molecule has 1 saturated carbocycles. The number of aromatic amines is 1. The molecule has 0 radical (unpaired) electrons. The lowest BCUT2D eigenvalue weighted by atomic mass is 9.92. The highest BCUT2D eigenvalue weighted by Gasteiger charge is 2.23. The Labute approximate surface area is 101 Å². The summed E-state index contributed by atoms with van der Waals surface area (Å²) in [6, 6.07) is 0.00801. The highest BCUT2D eigenvalue weighted by molar-refractivity contribution is 9.10. The van der Waals surface area contributed by atoms with Crippen molar-refractivity contribution in [1.29, 1.82) is 0 Å². The molecule has 1 aliphatic rings. The largest absolute Gasteiger partial charge is 0.391 e. The first-order valence-corrected chi connectivity index (χ1v) is 6.15. The predicted molar refractivity (Wildman–Crippen MR) is 64.4 cm³/mol. The van der Waals surface area contributed by atoms with E-state index in [1.54, 1.807) is 6.20 Å². The molecule has 1 aliphatic carbocycles. The topological polar surface area (TPSA) is 78.0 Å². The maximum atomic E-state index is 11.3. The highest BCUT2D eigenvalue weighted by atomic mass is 79.9. The van der Waals surface area contributed by atoms with Gasteiger partial charge in [0.2, 0.25) is 0 Å². The third-order valence-corrected chi connectivity index (χ3v) is 3.65. The molecule has 1 fully saturated rings. The number of rotatable bonds is 2. The summed E-state index contributed by atoms with van der Waals surface area (Å²) < 4.78 is 0.431. The van der Waals surface area contributed by atoms with Gasteiger partial charge in [-0.15, -0.1) is 0 Å². The molecule has 1 aromatic heterocycles. The van der Waals surface area contributed by atoms with E-state index < -0.39 is 0 Å². The first-order valence-electron chi connectivity index (χ1n) is 5.36. The standard InChI is InChI=1S/C10H14BrN3O2/c11-9-7(5-12-14-10(9)16)13-6-3-1-2-4-8(6)15/h5-6,8,15H,1-4H2,(H2,13,14,16). The molecule has 0 aliphatic heterocycles. The summed E-state index contributed by atoms with van der Waals surface area (Å²) in [6.07, 6.45) is 5.09. The average Bonchev–Trinajstić information content (AvgIpc) is 2.28. The van der Waals surface area contributed by atoms with Crippen LogP contribution in [0.3, 0.4) is 0 Å². The zero-order chi connectivity index (χ0) is 11.5. The zero-order valence-corrected chi connectivity index (χ0v) is 10.3. The summed E-state index contributed by atoms with van der Waals surface area (Å²) in [7, 11) is 0. The van der Waals surface area contributed by atoms with E-state index in [1.165, 1.54) is 0 Å². The van der Waals surface area contributed by atoms with E-state index in [2.05, 4.69) is 31.4 Å². The van der Waals surface area contributed by atoms with Crippen molar-refractivity contribution in [3.05, 3.63) is 21.0 Å². The van der Waals surface area contributed by atoms with E-state index in [-0.39, 0.29) is 17.7 Å². The van der Waals surface area contributed by atoms with Gasteiger partial charge in [0.1, 0.15) is 4.47 Å². The van der Waals surface area contributed by atoms with E-state index in [0.29, 0.717) is 10.2 Å². The highest BCUT2D eigenvalue weighted by Crippen LogP contribution is 2.24. The van der Waals surface area contributed by atoms with Crippen LogP contribution in [0.5, 0.6) is 0 Å². The number of aromatic nitrogens is 2. The van der Waals surface area contributed by atoms with E-state index in [0.717, 1.165) is 25.7 Å². The summed E-state index contributed by atoms with van der Waals surface area (Å²) >= 11 is 3.20. The molecule has 0 aromatic carbocycles. The van der Waals surface area contributed by atoms with Crippen LogP contribution in [0.1, 0.15) is 25.7 Å². The Hall–Kier alpha value is -0.880. The van der Waals surface area contributed by atoms with Crippen LogP contribution >= 0.6 is 15.9 Å². The molecular formula is C10H14BrN3O2. The quantitative estimate of drug-likeness (QED) is 0.765. The molecule has 5 nitrogen and oxygen atoms in total. The molecule has 6 heteroatoms. The van der Waals surface area contributed by atoms with Gasteiger partial charge in [0, 0.05) is 0 Å². The fourth-order valence-electron chi connectivity index (χ4n) is 1.96. The normalized spacial score (nSPS) is 25.4. The van der Waals surface area contributed by atoms with Gasteiger partial charge in [-0.25, -0.2) is 5.10 Å². The minimum absolute atomic E-state index is 0.00801. The summed E-state index contributed by atoms with van der Waals surface area (Å²) in [6.45, 7) is 0. The SMILES string of the molecule is O=c1[nH]ncc(NC2CCCCC2O)c1Br. The van der Waals surface area contributed by atoms with Crippen LogP contribution in [0.25, 0.3) is 0 Å². The monoisotopic (exact) mass is 287 g/mol. The number of aliphatic hydroxyl groups is 1. The maximum absolute atomic E-state index is 11.3. The number of H-pyrrole nitrogens is 1. The molecule has 2 unspecified atom stereocenters. The number of nitrogens with zero attached hydrogens (tertiary/aromatic N) is 1. The van der Waals surface area contributed by atoms with Gasteiger partial charge in [-0.2, -0.15) is 5.10 Å². The van der Waals surface area contributed by atoms with Gasteiger partial charge < -0.3 is 10.4 Å². The van der Waals surface area contributed by atoms with Gasteiger partial charge in [0.15, 0.2) is 0 Å². The van der Waals surface area contributed by atoms with Gasteiger partial charge in [-0.05, 0) is 28.8 Å². The minimum Gasteiger partial charge on any atom is -0.391 e. The van der Waals surface area contributed by atoms with Crippen molar-refractivity contribution in [1.82, 2.24) is 10.2 Å². The Morgan fingerprint density at radius 1 is 1.50 bits per heavy atom. The van der Waals surface area contributed by atoms with E-state index in [1.807, 2.05) is 0 Å². The Bertz CT molecular complexity index is 421. The number of nitrogens with one attached hydrogen (secondary N) is 2. The van der Waals surface area contributed by atoms with Crippen LogP contribution in [0.4, 0.5) is 5.69 Å². The number of hydrogen-bond donors (Lipinski definition) is 3. The maximum Gasteiger partial charge on any atom is 0.280 e. The van der Waals surface area contributed by atoms with Crippen LogP contribution in [-0.4, -0.2) is 27.4 Å². The molecule has 0 amide bonds. The first-order chi connectivity index (χ1) is 7.68. The summed E-state index contributed by atoms with van der Waals surface area (Å²) in [5.41, 5.74) is 0.366. The Morgan fingerprint density at radius 3 is 3.00 bits per heavy atom. The van der Waals surface area contributed by atoms with Crippen molar-refractivity contribution >= 4 is 21.6 Å². The number of aliphatic hydroxyl groups excluding tert-OH is 1. The van der Waals surface area contributed by atoms with Gasteiger partial charge in [0.05, 0.1) is 24.0 Å². The van der Waals surface area contributed by atoms with Gasteiger partial charge in [-0.1, -0.05) is 12.8 Å². The molecule has 0 spiro atoms. The van der Waals surface area contributed by atoms with Crippen LogP contribution in [0.2, 0.25) is 0 Å². The second-order valence-corrected chi connectivity index (χ2v) is 4.82. The van der Waals surface area contributed by atoms with Crippen molar-refractivity contribution in [2.45, 2.75) is 37.8 Å². The average molecular weight is 288 g/mol. The van der Waals surface area contributed by atoms with Crippen LogP contribution in [-0.2, 0) is 0 Å². The van der Waals surface area contributed by atoms with Crippen LogP contribution in [0.15, 0.2) is 15.5 Å². The second kappa shape index (κ2) is 4.97. The third kappa shape index (κ3) is 2.44. The van der Waals surface area contributed by atoms with E-state index >= 15 is 0 Å². The van der Waals surface area contributed by atoms with Gasteiger partial charge in [0.25, 0.3) is 5.56 Å². The van der Waals surface area contributed by atoms with Crippen molar-refractivity contribution in [3.8, 4) is 0 Å². The fourth-order valence-corrected chi connectivity index (χ4v) is 2.27. The minimum atomic E-state index is -0.347. The molecule has 1 aromatic rings. The Morgan fingerprint density at radius 2 is 2.25 bits per heavy atom. The fraction of sp³-hybridized carbons (Fsp3) is 0.600. The second-order valence-electron chi connectivity index (χ2n) is 4.03. The van der Waals surface area contributed by atoms with Gasteiger partial charge >= 0.3 is 0 Å². The molecule has 1 heterocycles. The lowest BCUT2D eigenvalue weighted by molar-refractivity contribution is 0.116. The van der Waals surface area contributed by atoms with Crippen LogP contribution in [0, 0.1) is 0 Å². The van der Waals surface area contributed by atoms with Gasteiger partial charge in [-0.3, -0.25) is 4.79 Å². The summed E-state index contributed by atoms with van der Waals surface area (Å²) in [5.74, 6) is 0. The third-order valence-electron chi connectivity index (χ3n) is 2.87. The number of halogens is 1. The molecular weight excluding hydrogens is 274 g/mol. The molecule has 2 atom stereocenters. The van der Waals surface area contributed by atoms with Crippen molar-refractivity contribution in [2.24, 2.45) is 0 Å². The molecule has 3 N–H and O–H groups in total. The summed E-state index contributed by atoms with van der Waals surface area (Å²) in [4.78, 5) is 11.3. The van der Waals surface area contributed by atoms with Crippen molar-refractivity contribution in [3.63, 3.8) is 0 Å². The smallest absolute Gasteiger partial charge is 0.280 e.